The van der Waals surface area contributed by atoms with E-state index in [0.29, 0.717) is 16.2 Å². The third-order valence-electron chi connectivity index (χ3n) is 6.15. The zero-order valence-corrected chi connectivity index (χ0v) is 19.4. The Kier molecular flexibility index (Phi) is 6.58. The lowest BCUT2D eigenvalue weighted by molar-refractivity contribution is -0.119. The number of fused-ring (bicyclic) bond motifs is 1. The maximum atomic E-state index is 13.3. The van der Waals surface area contributed by atoms with Crippen molar-refractivity contribution in [2.24, 2.45) is 4.99 Å². The minimum absolute atomic E-state index is 0.158. The summed E-state index contributed by atoms with van der Waals surface area (Å²) in [5.74, 6) is -0.158. The highest BCUT2D eigenvalue weighted by molar-refractivity contribution is 7.80. The fourth-order valence-electron chi connectivity index (χ4n) is 4.32. The molecule has 1 atom stereocenters. The number of benzene rings is 2. The van der Waals surface area contributed by atoms with Gasteiger partial charge in [0.2, 0.25) is 6.17 Å². The molecule has 31 heavy (non-hydrogen) atoms. The van der Waals surface area contributed by atoms with Crippen LogP contribution in [0, 0.1) is 0 Å². The molecule has 0 bridgehead atoms. The zero-order chi connectivity index (χ0) is 22.0. The van der Waals surface area contributed by atoms with E-state index in [0.717, 1.165) is 35.4 Å². The number of anilines is 1. The second-order valence-electron chi connectivity index (χ2n) is 8.16. The van der Waals surface area contributed by atoms with Gasteiger partial charge in [-0.25, -0.2) is 4.99 Å². The summed E-state index contributed by atoms with van der Waals surface area (Å²) in [4.78, 5) is 21.9. The molecule has 1 amide bonds. The normalized spacial score (nSPS) is 19.3. The van der Waals surface area contributed by atoms with Crippen LogP contribution in [0.1, 0.15) is 43.2 Å². The highest BCUT2D eigenvalue weighted by atomic mass is 35.5. The van der Waals surface area contributed by atoms with Crippen molar-refractivity contribution in [2.75, 3.05) is 19.0 Å². The number of nitrogens with zero attached hydrogens (tertiary/aromatic N) is 3. The smallest absolute Gasteiger partial charge is 0.272 e. The molecular weight excluding hydrogens is 428 g/mol. The minimum Gasteiger partial charge on any atom is -0.349 e. The van der Waals surface area contributed by atoms with Crippen molar-refractivity contribution >= 4 is 46.2 Å². The predicted molar refractivity (Wildman–Crippen MR) is 131 cm³/mol. The summed E-state index contributed by atoms with van der Waals surface area (Å²) in [5.41, 5.74) is 3.24. The molecule has 5 nitrogen and oxygen atoms in total. The summed E-state index contributed by atoms with van der Waals surface area (Å²) < 4.78 is 0. The molecule has 7 heteroatoms. The summed E-state index contributed by atoms with van der Waals surface area (Å²) in [6, 6.07) is 15.8. The standard InChI is InChI=1S/C24H27ClN4OS/c1-28(18-11-7-4-8-12-18)24(31)27-22-23(30)29(2)20-14-13-17(25)15-19(20)21(26-22)16-9-5-3-6-10-16/h3,5-6,9-10,13-15,18,22H,4,7-8,11-12H2,1-2H3,(H,27,31). The average molecular weight is 455 g/mol. The van der Waals surface area contributed by atoms with E-state index < -0.39 is 6.17 Å². The Hall–Kier alpha value is -2.44. The maximum Gasteiger partial charge on any atom is 0.272 e. The summed E-state index contributed by atoms with van der Waals surface area (Å²) in [6.07, 6.45) is 5.15. The van der Waals surface area contributed by atoms with Crippen LogP contribution in [0.2, 0.25) is 5.02 Å². The van der Waals surface area contributed by atoms with E-state index in [-0.39, 0.29) is 5.91 Å². The number of benzodiazepines with no additional fused rings is 1. The Bertz CT molecular complexity index is 1000. The second kappa shape index (κ2) is 9.37. The van der Waals surface area contributed by atoms with E-state index in [4.69, 9.17) is 28.8 Å². The fraction of sp³-hybridized carbons (Fsp3) is 0.375. The van der Waals surface area contributed by atoms with Crippen LogP contribution in [0.3, 0.4) is 0 Å². The highest BCUT2D eigenvalue weighted by Crippen LogP contribution is 2.30. The number of rotatable bonds is 3. The Balaban J connectivity index is 1.70. The lowest BCUT2D eigenvalue weighted by Crippen LogP contribution is -2.52. The van der Waals surface area contributed by atoms with Gasteiger partial charge in [0.15, 0.2) is 5.11 Å². The molecule has 0 aromatic heterocycles. The molecule has 1 N–H and O–H groups in total. The van der Waals surface area contributed by atoms with Crippen LogP contribution in [0.15, 0.2) is 53.5 Å². The van der Waals surface area contributed by atoms with Gasteiger partial charge in [-0.15, -0.1) is 0 Å². The molecule has 1 aliphatic carbocycles. The van der Waals surface area contributed by atoms with Crippen molar-refractivity contribution in [3.05, 3.63) is 64.7 Å². The van der Waals surface area contributed by atoms with Gasteiger partial charge in [0, 0.05) is 36.3 Å². The lowest BCUT2D eigenvalue weighted by Gasteiger charge is -2.34. The summed E-state index contributed by atoms with van der Waals surface area (Å²) in [5, 5.41) is 4.38. The number of halogens is 1. The van der Waals surface area contributed by atoms with E-state index in [1.54, 1.807) is 18.0 Å². The second-order valence-corrected chi connectivity index (χ2v) is 8.98. The maximum absolute atomic E-state index is 13.3. The molecule has 162 valence electrons. The lowest BCUT2D eigenvalue weighted by atomic mass is 9.95. The number of carbonyl (C=O) groups excluding carboxylic acids is 1. The molecule has 2 aromatic rings. The molecule has 1 fully saturated rings. The topological polar surface area (TPSA) is 47.9 Å². The zero-order valence-electron chi connectivity index (χ0n) is 17.8. The Labute approximate surface area is 194 Å². The van der Waals surface area contributed by atoms with Gasteiger partial charge in [-0.2, -0.15) is 0 Å². The summed E-state index contributed by atoms with van der Waals surface area (Å²) in [7, 11) is 3.77. The van der Waals surface area contributed by atoms with Gasteiger partial charge >= 0.3 is 0 Å². The first-order valence-corrected chi connectivity index (χ1v) is 11.5. The Morgan fingerprint density at radius 3 is 2.58 bits per heavy atom. The molecule has 4 rings (SSSR count). The van der Waals surface area contributed by atoms with Crippen molar-refractivity contribution in [2.45, 2.75) is 44.3 Å². The van der Waals surface area contributed by atoms with Crippen LogP contribution in [0.4, 0.5) is 5.69 Å². The number of amides is 1. The van der Waals surface area contributed by atoms with Crippen molar-refractivity contribution in [1.82, 2.24) is 10.2 Å². The number of hydrogen-bond donors (Lipinski definition) is 1. The number of nitrogens with one attached hydrogen (secondary N) is 1. The SMILES string of the molecule is CN1C(=O)C(NC(=S)N(C)C2CCCCC2)N=C(c2ccccc2)c2cc(Cl)ccc21. The molecule has 1 saturated carbocycles. The van der Waals surface area contributed by atoms with Gasteiger partial charge < -0.3 is 15.1 Å². The van der Waals surface area contributed by atoms with Gasteiger partial charge in [-0.3, -0.25) is 4.79 Å². The number of hydrogen-bond acceptors (Lipinski definition) is 3. The largest absolute Gasteiger partial charge is 0.349 e. The Morgan fingerprint density at radius 2 is 1.87 bits per heavy atom. The summed E-state index contributed by atoms with van der Waals surface area (Å²) in [6.45, 7) is 0. The van der Waals surface area contributed by atoms with Crippen LogP contribution in [0.5, 0.6) is 0 Å². The van der Waals surface area contributed by atoms with Gasteiger partial charge in [0.1, 0.15) is 0 Å². The van der Waals surface area contributed by atoms with E-state index in [1.807, 2.05) is 49.5 Å². The first-order valence-electron chi connectivity index (χ1n) is 10.7. The van der Waals surface area contributed by atoms with E-state index in [2.05, 4.69) is 10.2 Å². The number of likely N-dealkylation sites (N-methyl/N-ethyl adjacent to an activating group) is 1. The molecule has 1 unspecified atom stereocenters. The minimum atomic E-state index is -0.815. The third-order valence-corrected chi connectivity index (χ3v) is 6.79. The van der Waals surface area contributed by atoms with E-state index in [9.17, 15) is 4.79 Å². The van der Waals surface area contributed by atoms with Crippen molar-refractivity contribution < 1.29 is 4.79 Å². The van der Waals surface area contributed by atoms with Gasteiger partial charge in [0.25, 0.3) is 5.91 Å². The van der Waals surface area contributed by atoms with Crippen LogP contribution in [0.25, 0.3) is 0 Å². The quantitative estimate of drug-likeness (QED) is 0.687. The summed E-state index contributed by atoms with van der Waals surface area (Å²) >= 11 is 12.0. The van der Waals surface area contributed by atoms with Crippen molar-refractivity contribution in [1.29, 1.82) is 0 Å². The van der Waals surface area contributed by atoms with Crippen LogP contribution in [-0.4, -0.2) is 47.9 Å². The molecule has 0 radical (unpaired) electrons. The highest BCUT2D eigenvalue weighted by Gasteiger charge is 2.32. The third kappa shape index (κ3) is 4.60. The molecule has 2 aliphatic rings. The molecule has 0 saturated heterocycles. The van der Waals surface area contributed by atoms with Gasteiger partial charge in [0.05, 0.1) is 11.4 Å². The van der Waals surface area contributed by atoms with E-state index in [1.165, 1.54) is 19.3 Å². The predicted octanol–water partition coefficient (Wildman–Crippen LogP) is 4.62. The molecule has 1 heterocycles. The first-order chi connectivity index (χ1) is 15.0. The number of thiocarbonyl (C=S) groups is 1. The molecule has 1 aliphatic heterocycles. The molecule has 0 spiro atoms. The monoisotopic (exact) mass is 454 g/mol. The van der Waals surface area contributed by atoms with Crippen LogP contribution < -0.4 is 10.2 Å². The van der Waals surface area contributed by atoms with Crippen LogP contribution in [-0.2, 0) is 4.79 Å². The fourth-order valence-corrected chi connectivity index (χ4v) is 4.75. The van der Waals surface area contributed by atoms with Crippen molar-refractivity contribution in [3.8, 4) is 0 Å². The average Bonchev–Trinajstić information content (AvgIpc) is 2.90. The Morgan fingerprint density at radius 1 is 1.16 bits per heavy atom. The first kappa shape index (κ1) is 21.8. The van der Waals surface area contributed by atoms with Gasteiger partial charge in [-0.05, 0) is 43.3 Å². The number of aliphatic imine (C=N–C) groups is 1. The van der Waals surface area contributed by atoms with Crippen LogP contribution >= 0.6 is 23.8 Å². The molecular formula is C24H27ClN4OS. The number of carbonyl (C=O) groups is 1. The van der Waals surface area contributed by atoms with Gasteiger partial charge in [-0.1, -0.05) is 61.2 Å². The van der Waals surface area contributed by atoms with E-state index >= 15 is 0 Å². The van der Waals surface area contributed by atoms with Crippen molar-refractivity contribution in [3.63, 3.8) is 0 Å². The molecule has 2 aromatic carbocycles.